The number of hydrogen-bond acceptors (Lipinski definition) is 4. The van der Waals surface area contributed by atoms with Crippen LogP contribution in [0.2, 0.25) is 0 Å². The van der Waals surface area contributed by atoms with Crippen molar-refractivity contribution in [1.29, 1.82) is 0 Å². The number of nitrogens with zero attached hydrogens (tertiary/aromatic N) is 2. The Hall–Kier alpha value is -1.59. The maximum absolute atomic E-state index is 8.52. The number of hydrogen-bond donors (Lipinski definition) is 4. The zero-order chi connectivity index (χ0) is 16.5. The lowest BCUT2D eigenvalue weighted by Crippen LogP contribution is -2.34. The molecule has 21 heavy (non-hydrogen) atoms. The molecule has 124 valence electrons. The summed E-state index contributed by atoms with van der Waals surface area (Å²) in [5.41, 5.74) is 21.3. The third-order valence-electron chi connectivity index (χ3n) is 2.94. The molecule has 2 fully saturated rings. The van der Waals surface area contributed by atoms with E-state index >= 15 is 0 Å². The van der Waals surface area contributed by atoms with Gasteiger partial charge in [0, 0.05) is 10.4 Å². The third-order valence-corrected chi connectivity index (χ3v) is 2.94. The Labute approximate surface area is 124 Å². The molecule has 2 aliphatic heterocycles. The summed E-state index contributed by atoms with van der Waals surface area (Å²) >= 11 is 0. The van der Waals surface area contributed by atoms with Gasteiger partial charge < -0.3 is 9.11 Å². The van der Waals surface area contributed by atoms with Crippen LogP contribution in [-0.4, -0.2) is 64.8 Å². The van der Waals surface area contributed by atoms with Crippen molar-refractivity contribution in [2.75, 3.05) is 26.2 Å². The minimum Gasteiger partial charge on any atom is -0.759 e. The predicted octanol–water partition coefficient (Wildman–Crippen LogP) is -3.21. The average molecular weight is 324 g/mol. The zero-order valence-corrected chi connectivity index (χ0v) is 12.7. The van der Waals surface area contributed by atoms with Gasteiger partial charge in [-0.1, -0.05) is 0 Å². The fourth-order valence-corrected chi connectivity index (χ4v) is 1.95. The Morgan fingerprint density at radius 1 is 0.714 bits per heavy atom. The summed E-state index contributed by atoms with van der Waals surface area (Å²) in [5, 5.41) is 0. The van der Waals surface area contributed by atoms with Gasteiger partial charge in [0.1, 0.15) is 0 Å². The van der Waals surface area contributed by atoms with Crippen LogP contribution in [0, 0.1) is 0 Å². The lowest BCUT2D eigenvalue weighted by atomic mass is 10.4. The van der Waals surface area contributed by atoms with E-state index in [0.717, 1.165) is 26.2 Å². The molecule has 0 aromatic heterocycles. The number of guanidine groups is 2. The van der Waals surface area contributed by atoms with Gasteiger partial charge in [-0.25, -0.2) is 0 Å². The van der Waals surface area contributed by atoms with E-state index < -0.39 is 10.4 Å². The van der Waals surface area contributed by atoms with Crippen LogP contribution in [0.4, 0.5) is 0 Å². The molecule has 11 heteroatoms. The van der Waals surface area contributed by atoms with Gasteiger partial charge in [-0.3, -0.25) is 40.5 Å². The monoisotopic (exact) mass is 324 g/mol. The van der Waals surface area contributed by atoms with Crippen molar-refractivity contribution in [2.45, 2.75) is 25.7 Å². The zero-order valence-electron chi connectivity index (χ0n) is 11.9. The van der Waals surface area contributed by atoms with Gasteiger partial charge in [0.05, 0.1) is 26.2 Å². The second kappa shape index (κ2) is 9.37. The molecule has 2 heterocycles. The molecule has 8 N–H and O–H groups in total. The van der Waals surface area contributed by atoms with Gasteiger partial charge in [0.25, 0.3) is 0 Å². The molecule has 0 aliphatic carbocycles. The van der Waals surface area contributed by atoms with Crippen molar-refractivity contribution >= 4 is 22.3 Å². The van der Waals surface area contributed by atoms with Crippen LogP contribution in [0.1, 0.15) is 25.7 Å². The first-order valence-corrected chi connectivity index (χ1v) is 7.87. The van der Waals surface area contributed by atoms with Crippen LogP contribution in [0.25, 0.3) is 0 Å². The quantitative estimate of drug-likeness (QED) is 0.155. The highest BCUT2D eigenvalue weighted by Gasteiger charge is 2.10. The Balaban J connectivity index is 0.000000296. The molecule has 0 bridgehead atoms. The molecule has 0 amide bonds. The predicted molar refractivity (Wildman–Crippen MR) is 75.7 cm³/mol. The van der Waals surface area contributed by atoms with E-state index in [1.165, 1.54) is 25.7 Å². The fourth-order valence-electron chi connectivity index (χ4n) is 1.95. The van der Waals surface area contributed by atoms with Crippen molar-refractivity contribution in [3.8, 4) is 0 Å². The lowest BCUT2D eigenvalue weighted by Gasteiger charge is -2.06. The Kier molecular flexibility index (Phi) is 8.66. The van der Waals surface area contributed by atoms with Crippen molar-refractivity contribution < 1.29 is 26.7 Å². The second-order valence-corrected chi connectivity index (χ2v) is 5.46. The van der Waals surface area contributed by atoms with E-state index in [-0.39, 0.29) is 0 Å². The fraction of sp³-hybridized carbons (Fsp3) is 0.800. The summed E-state index contributed by atoms with van der Waals surface area (Å²) in [7, 11) is -5.17. The van der Waals surface area contributed by atoms with Crippen LogP contribution >= 0.6 is 0 Å². The van der Waals surface area contributed by atoms with Crippen LogP contribution in [-0.2, 0) is 10.4 Å². The average Bonchev–Trinajstić information content (AvgIpc) is 3.02. The summed E-state index contributed by atoms with van der Waals surface area (Å²) in [6.07, 6.45) is 4.94. The number of rotatable bonds is 0. The van der Waals surface area contributed by atoms with E-state index in [2.05, 4.69) is 0 Å². The molecule has 2 aliphatic rings. The van der Waals surface area contributed by atoms with Crippen LogP contribution in [0.5, 0.6) is 0 Å². The molecule has 0 aromatic carbocycles. The molecule has 0 spiro atoms. The molecule has 0 saturated carbocycles. The molecular formula is C10H24N6O4S. The first-order chi connectivity index (χ1) is 9.61. The van der Waals surface area contributed by atoms with Gasteiger partial charge in [-0.2, -0.15) is 0 Å². The largest absolute Gasteiger partial charge is 0.759 e. The lowest BCUT2D eigenvalue weighted by molar-refractivity contribution is -0.508. The van der Waals surface area contributed by atoms with Gasteiger partial charge >= 0.3 is 11.9 Å². The van der Waals surface area contributed by atoms with E-state index in [9.17, 15) is 0 Å². The summed E-state index contributed by atoms with van der Waals surface area (Å²) in [6.45, 7) is 4.18. The highest BCUT2D eigenvalue weighted by Crippen LogP contribution is 1.99. The van der Waals surface area contributed by atoms with Crippen LogP contribution < -0.4 is 22.9 Å². The van der Waals surface area contributed by atoms with Gasteiger partial charge in [-0.05, 0) is 25.7 Å². The standard InChI is InChI=1S/2C5H11N3.H2O4S/c2*6-5(7)8-3-1-2-4-8;1-5(2,3)4/h2*1-4H2,(H3,6,7);(H2,1,2,3,4). The molecule has 2 rings (SSSR count). The van der Waals surface area contributed by atoms with E-state index in [4.69, 9.17) is 40.5 Å². The first kappa shape index (κ1) is 19.4. The maximum Gasteiger partial charge on any atom is 0.341 e. The minimum atomic E-state index is -5.17. The maximum atomic E-state index is 8.52. The summed E-state index contributed by atoms with van der Waals surface area (Å²) in [5.74, 6) is 0.949. The summed E-state index contributed by atoms with van der Waals surface area (Å²) < 4.78 is 38.1. The van der Waals surface area contributed by atoms with Crippen molar-refractivity contribution in [2.24, 2.45) is 22.9 Å². The van der Waals surface area contributed by atoms with E-state index in [0.29, 0.717) is 11.9 Å². The summed E-state index contributed by atoms with van der Waals surface area (Å²) in [4.78, 5) is 0. The number of nitrogens with two attached hydrogens (primary N) is 4. The molecule has 0 unspecified atom stereocenters. The smallest absolute Gasteiger partial charge is 0.341 e. The van der Waals surface area contributed by atoms with E-state index in [1.54, 1.807) is 0 Å². The van der Waals surface area contributed by atoms with Crippen molar-refractivity contribution in [1.82, 2.24) is 0 Å². The third kappa shape index (κ3) is 11.9. The van der Waals surface area contributed by atoms with Gasteiger partial charge in [0.15, 0.2) is 0 Å². The summed E-state index contributed by atoms with van der Waals surface area (Å²) in [6, 6.07) is 0. The Morgan fingerprint density at radius 2 is 0.905 bits per heavy atom. The Bertz CT molecular complexity index is 426. The molecule has 0 atom stereocenters. The van der Waals surface area contributed by atoms with Gasteiger partial charge in [0.2, 0.25) is 0 Å². The van der Waals surface area contributed by atoms with Crippen molar-refractivity contribution in [3.05, 3.63) is 0 Å². The minimum absolute atomic E-state index is 0.475. The SMILES string of the molecule is NC(N)=[N+]1CCCC1.NC(N)=[N+]1CCCC1.O=S(=O)([O-])[O-]. The topological polar surface area (TPSA) is 190 Å². The first-order valence-electron chi connectivity index (χ1n) is 6.53. The highest BCUT2D eigenvalue weighted by atomic mass is 32.3. The molecule has 10 nitrogen and oxygen atoms in total. The highest BCUT2D eigenvalue weighted by molar-refractivity contribution is 7.79. The molecule has 2 saturated heterocycles. The van der Waals surface area contributed by atoms with Crippen molar-refractivity contribution in [3.63, 3.8) is 0 Å². The Morgan fingerprint density at radius 3 is 1.00 bits per heavy atom. The van der Waals surface area contributed by atoms with Crippen LogP contribution in [0.15, 0.2) is 0 Å². The normalized spacial score (nSPS) is 17.4. The molecule has 0 aromatic rings. The van der Waals surface area contributed by atoms with Crippen LogP contribution in [0.3, 0.4) is 0 Å². The molecular weight excluding hydrogens is 300 g/mol. The van der Waals surface area contributed by atoms with E-state index in [1.807, 2.05) is 9.15 Å². The molecule has 0 radical (unpaired) electrons. The van der Waals surface area contributed by atoms with Gasteiger partial charge in [-0.15, -0.1) is 0 Å². The second-order valence-electron chi connectivity index (χ2n) is 4.65.